The molecule has 0 aliphatic heterocycles. The normalized spacial score (nSPS) is 11.8. The summed E-state index contributed by atoms with van der Waals surface area (Å²) in [5, 5.41) is 7.45. The molecule has 0 fully saturated rings. The molecule has 0 aliphatic carbocycles. The van der Waals surface area contributed by atoms with Crippen LogP contribution in [0.3, 0.4) is 0 Å². The summed E-state index contributed by atoms with van der Waals surface area (Å²) < 4.78 is 6.53. The summed E-state index contributed by atoms with van der Waals surface area (Å²) in [6, 6.07) is 15.7. The van der Waals surface area contributed by atoms with Gasteiger partial charge in [0.1, 0.15) is 16.9 Å². The summed E-state index contributed by atoms with van der Waals surface area (Å²) in [6.07, 6.45) is 2.40. The van der Waals surface area contributed by atoms with Crippen LogP contribution in [0.1, 0.15) is 47.7 Å². The van der Waals surface area contributed by atoms with Crippen molar-refractivity contribution in [3.8, 4) is 0 Å². The number of hydrogen-bond donors (Lipinski definition) is 2. The van der Waals surface area contributed by atoms with Crippen LogP contribution in [0.4, 0.5) is 5.82 Å². The van der Waals surface area contributed by atoms with Gasteiger partial charge in [-0.15, -0.1) is 0 Å². The third-order valence-corrected chi connectivity index (χ3v) is 5.44. The van der Waals surface area contributed by atoms with Crippen molar-refractivity contribution >= 4 is 40.1 Å². The topological polar surface area (TPSA) is 107 Å². The molecule has 33 heavy (non-hydrogen) atoms. The number of anilines is 1. The fraction of sp³-hybridized carbons (Fsp3) is 0.280. The van der Waals surface area contributed by atoms with Crippen LogP contribution in [0.15, 0.2) is 53.6 Å². The number of hydrogen-bond acceptors (Lipinski definition) is 6. The lowest BCUT2D eigenvalue weighted by molar-refractivity contribution is 0.0951. The van der Waals surface area contributed by atoms with E-state index >= 15 is 0 Å². The van der Waals surface area contributed by atoms with Crippen molar-refractivity contribution in [1.29, 1.82) is 0 Å². The number of methoxy groups -OCH3 is 1. The van der Waals surface area contributed by atoms with Crippen LogP contribution in [0.5, 0.6) is 0 Å². The number of ether oxygens (including phenoxy) is 1. The molecular formula is C25H28N6O2. The van der Waals surface area contributed by atoms with Crippen LogP contribution in [0, 0.1) is 0 Å². The Balaban J connectivity index is 1.77. The van der Waals surface area contributed by atoms with Gasteiger partial charge in [0.15, 0.2) is 5.65 Å². The lowest BCUT2D eigenvalue weighted by Gasteiger charge is -2.05. The molecular weight excluding hydrogens is 416 g/mol. The minimum Gasteiger partial charge on any atom is -0.385 e. The summed E-state index contributed by atoms with van der Waals surface area (Å²) in [4.78, 5) is 22.4. The Morgan fingerprint density at radius 3 is 2.52 bits per heavy atom. The van der Waals surface area contributed by atoms with E-state index in [-0.39, 0.29) is 17.3 Å². The first-order chi connectivity index (χ1) is 16.0. The average molecular weight is 445 g/mol. The Bertz CT molecular complexity index is 1310. The molecule has 8 nitrogen and oxygen atoms in total. The SMILES string of the molecule is COCCCNC(=O)c1c(N)n(N=Cc2ccc(C(C)C)cc2)c2nc3ccccc3nc12. The van der Waals surface area contributed by atoms with Crippen molar-refractivity contribution in [2.45, 2.75) is 26.2 Å². The first-order valence-corrected chi connectivity index (χ1v) is 11.0. The zero-order valence-corrected chi connectivity index (χ0v) is 19.1. The number of amides is 1. The smallest absolute Gasteiger partial charge is 0.257 e. The third kappa shape index (κ3) is 4.70. The van der Waals surface area contributed by atoms with Gasteiger partial charge < -0.3 is 15.8 Å². The molecule has 0 saturated heterocycles. The van der Waals surface area contributed by atoms with Crippen molar-refractivity contribution in [2.24, 2.45) is 5.10 Å². The number of rotatable bonds is 8. The zero-order chi connectivity index (χ0) is 23.4. The van der Waals surface area contributed by atoms with Gasteiger partial charge >= 0.3 is 0 Å². The van der Waals surface area contributed by atoms with Crippen molar-refractivity contribution in [1.82, 2.24) is 20.0 Å². The highest BCUT2D eigenvalue weighted by Crippen LogP contribution is 2.28. The van der Waals surface area contributed by atoms with Crippen LogP contribution in [-0.2, 0) is 4.74 Å². The van der Waals surface area contributed by atoms with Crippen molar-refractivity contribution < 1.29 is 9.53 Å². The first kappa shape index (κ1) is 22.4. The summed E-state index contributed by atoms with van der Waals surface area (Å²) in [6.45, 7) is 5.33. The van der Waals surface area contributed by atoms with Gasteiger partial charge in [-0.05, 0) is 35.6 Å². The minimum atomic E-state index is -0.312. The molecule has 2 aromatic heterocycles. The van der Waals surface area contributed by atoms with Gasteiger partial charge in [0.05, 0.1) is 17.2 Å². The van der Waals surface area contributed by atoms with Crippen LogP contribution in [-0.4, -0.2) is 47.0 Å². The monoisotopic (exact) mass is 444 g/mol. The highest BCUT2D eigenvalue weighted by Gasteiger charge is 2.23. The molecule has 0 saturated carbocycles. The molecule has 3 N–H and O–H groups in total. The number of para-hydroxylation sites is 2. The van der Waals surface area contributed by atoms with Crippen molar-refractivity contribution in [2.75, 3.05) is 26.0 Å². The van der Waals surface area contributed by atoms with Gasteiger partial charge in [-0.2, -0.15) is 9.78 Å². The molecule has 0 aliphatic rings. The number of fused-ring (bicyclic) bond motifs is 2. The Labute approximate surface area is 192 Å². The van der Waals surface area contributed by atoms with Gasteiger partial charge in [-0.1, -0.05) is 50.2 Å². The Hall–Kier alpha value is -3.78. The second kappa shape index (κ2) is 9.79. The van der Waals surface area contributed by atoms with E-state index in [4.69, 9.17) is 15.5 Å². The highest BCUT2D eigenvalue weighted by molar-refractivity contribution is 6.10. The Morgan fingerprint density at radius 2 is 1.85 bits per heavy atom. The van der Waals surface area contributed by atoms with E-state index in [0.717, 1.165) is 5.56 Å². The Kier molecular flexibility index (Phi) is 6.65. The molecule has 0 unspecified atom stereocenters. The predicted molar refractivity (Wildman–Crippen MR) is 132 cm³/mol. The van der Waals surface area contributed by atoms with E-state index in [2.05, 4.69) is 41.4 Å². The summed E-state index contributed by atoms with van der Waals surface area (Å²) in [5.74, 6) is 0.335. The molecule has 4 aromatic rings. The maximum absolute atomic E-state index is 13.0. The van der Waals surface area contributed by atoms with Crippen LogP contribution >= 0.6 is 0 Å². The number of carbonyl (C=O) groups is 1. The van der Waals surface area contributed by atoms with Gasteiger partial charge in [0.2, 0.25) is 0 Å². The second-order valence-electron chi connectivity index (χ2n) is 8.12. The molecule has 170 valence electrons. The number of nitrogens with two attached hydrogens (primary N) is 1. The second-order valence-corrected chi connectivity index (χ2v) is 8.12. The van der Waals surface area contributed by atoms with Crippen LogP contribution in [0.25, 0.3) is 22.2 Å². The van der Waals surface area contributed by atoms with E-state index in [0.29, 0.717) is 47.7 Å². The zero-order valence-electron chi connectivity index (χ0n) is 19.1. The number of nitrogens with one attached hydrogen (secondary N) is 1. The largest absolute Gasteiger partial charge is 0.385 e. The Morgan fingerprint density at radius 1 is 1.15 bits per heavy atom. The molecule has 4 rings (SSSR count). The van der Waals surface area contributed by atoms with E-state index in [9.17, 15) is 4.79 Å². The molecule has 1 amide bonds. The third-order valence-electron chi connectivity index (χ3n) is 5.44. The molecule has 2 heterocycles. The fourth-order valence-corrected chi connectivity index (χ4v) is 3.59. The molecule has 2 aromatic carbocycles. The number of aromatic nitrogens is 3. The number of nitrogen functional groups attached to an aromatic ring is 1. The molecule has 0 bridgehead atoms. The van der Waals surface area contributed by atoms with Gasteiger partial charge in [-0.25, -0.2) is 9.97 Å². The number of benzene rings is 2. The van der Waals surface area contributed by atoms with Gasteiger partial charge in [0, 0.05) is 20.3 Å². The van der Waals surface area contributed by atoms with Crippen molar-refractivity contribution in [3.63, 3.8) is 0 Å². The lowest BCUT2D eigenvalue weighted by Crippen LogP contribution is -2.26. The van der Waals surface area contributed by atoms with E-state index in [1.54, 1.807) is 13.3 Å². The predicted octanol–water partition coefficient (Wildman–Crippen LogP) is 3.94. The number of carbonyl (C=O) groups excluding carboxylic acids is 1. The van der Waals surface area contributed by atoms with E-state index < -0.39 is 0 Å². The van der Waals surface area contributed by atoms with E-state index in [1.165, 1.54) is 10.2 Å². The first-order valence-electron chi connectivity index (χ1n) is 11.0. The molecule has 0 spiro atoms. The minimum absolute atomic E-state index is 0.194. The fourth-order valence-electron chi connectivity index (χ4n) is 3.59. The molecule has 8 heteroatoms. The van der Waals surface area contributed by atoms with Crippen LogP contribution in [0.2, 0.25) is 0 Å². The molecule has 0 radical (unpaired) electrons. The summed E-state index contributed by atoms with van der Waals surface area (Å²) in [5.41, 5.74) is 11.1. The lowest BCUT2D eigenvalue weighted by atomic mass is 10.0. The standard InChI is InChI=1S/C25H28N6O2/c1-16(2)18-11-9-17(10-12-18)15-28-31-23(26)21(25(32)27-13-6-14-33-3)22-24(31)30-20-8-5-4-7-19(20)29-22/h4-5,7-12,15-16H,6,13-14,26H2,1-3H3,(H,27,32). The number of nitrogens with zero attached hydrogens (tertiary/aromatic N) is 4. The van der Waals surface area contributed by atoms with Gasteiger partial charge in [-0.3, -0.25) is 4.79 Å². The van der Waals surface area contributed by atoms with Crippen molar-refractivity contribution in [3.05, 3.63) is 65.2 Å². The van der Waals surface area contributed by atoms with E-state index in [1.807, 2.05) is 36.4 Å². The molecule has 0 atom stereocenters. The maximum Gasteiger partial charge on any atom is 0.257 e. The van der Waals surface area contributed by atoms with Gasteiger partial charge in [0.25, 0.3) is 5.91 Å². The summed E-state index contributed by atoms with van der Waals surface area (Å²) >= 11 is 0. The quantitative estimate of drug-likeness (QED) is 0.316. The summed E-state index contributed by atoms with van der Waals surface area (Å²) in [7, 11) is 1.63. The van der Waals surface area contributed by atoms with Crippen LogP contribution < -0.4 is 11.1 Å². The average Bonchev–Trinajstić information content (AvgIpc) is 3.09. The highest BCUT2D eigenvalue weighted by atomic mass is 16.5. The maximum atomic E-state index is 13.0.